The highest BCUT2D eigenvalue weighted by atomic mass is 16.5. The SMILES string of the molecule is CCCCC(C)(C)C(O)/C=C/[C@H]1[C@@H](CCOCCCCCC(=O)O)[C@H]2CC[C@@H]1O2. The third-order valence-electron chi connectivity index (χ3n) is 6.75. The van der Waals surface area contributed by atoms with Crippen LogP contribution in [0.3, 0.4) is 0 Å². The van der Waals surface area contributed by atoms with Crippen molar-refractivity contribution in [2.24, 2.45) is 17.3 Å². The average Bonchev–Trinajstić information content (AvgIpc) is 3.28. The number of aliphatic carboxylic acids is 1. The fraction of sp³-hybridized carbons (Fsp3) is 0.875. The molecule has 1 unspecified atom stereocenters. The molecule has 0 aromatic carbocycles. The Kier molecular flexibility index (Phi) is 10.1. The number of hydrogen-bond donors (Lipinski definition) is 2. The number of hydrogen-bond acceptors (Lipinski definition) is 4. The van der Waals surface area contributed by atoms with E-state index in [4.69, 9.17) is 14.6 Å². The van der Waals surface area contributed by atoms with Crippen LogP contribution in [-0.2, 0) is 14.3 Å². The van der Waals surface area contributed by atoms with Gasteiger partial charge in [0.2, 0.25) is 0 Å². The smallest absolute Gasteiger partial charge is 0.303 e. The van der Waals surface area contributed by atoms with Gasteiger partial charge in [-0.3, -0.25) is 4.79 Å². The molecule has 0 radical (unpaired) electrons. The van der Waals surface area contributed by atoms with E-state index < -0.39 is 12.1 Å². The molecule has 2 fully saturated rings. The van der Waals surface area contributed by atoms with Gasteiger partial charge in [0.25, 0.3) is 0 Å². The highest BCUT2D eigenvalue weighted by Gasteiger charge is 2.47. The molecule has 0 aromatic heterocycles. The van der Waals surface area contributed by atoms with Crippen molar-refractivity contribution in [3.8, 4) is 0 Å². The van der Waals surface area contributed by atoms with Gasteiger partial charge in [0.1, 0.15) is 0 Å². The van der Waals surface area contributed by atoms with Crippen LogP contribution in [0.5, 0.6) is 0 Å². The van der Waals surface area contributed by atoms with E-state index in [1.54, 1.807) is 0 Å². The van der Waals surface area contributed by atoms with E-state index in [0.29, 0.717) is 30.7 Å². The highest BCUT2D eigenvalue weighted by Crippen LogP contribution is 2.46. The molecular formula is C24H42O5. The average molecular weight is 411 g/mol. The number of carboxylic acid groups (broad SMARTS) is 1. The summed E-state index contributed by atoms with van der Waals surface area (Å²) in [5.41, 5.74) is -0.0930. The van der Waals surface area contributed by atoms with Crippen molar-refractivity contribution in [2.45, 2.75) is 103 Å². The summed E-state index contributed by atoms with van der Waals surface area (Å²) in [6, 6.07) is 0. The minimum Gasteiger partial charge on any atom is -0.481 e. The van der Waals surface area contributed by atoms with Crippen LogP contribution >= 0.6 is 0 Å². The number of unbranched alkanes of at least 4 members (excludes halogenated alkanes) is 3. The van der Waals surface area contributed by atoms with Crippen molar-refractivity contribution in [1.82, 2.24) is 0 Å². The van der Waals surface area contributed by atoms with Crippen LogP contribution in [0, 0.1) is 17.3 Å². The van der Waals surface area contributed by atoms with Crippen LogP contribution in [0.25, 0.3) is 0 Å². The molecule has 5 nitrogen and oxygen atoms in total. The van der Waals surface area contributed by atoms with Crippen LogP contribution in [0.4, 0.5) is 0 Å². The zero-order valence-corrected chi connectivity index (χ0v) is 18.6. The molecule has 2 aliphatic rings. The van der Waals surface area contributed by atoms with Crippen LogP contribution in [0.15, 0.2) is 12.2 Å². The predicted molar refractivity (Wildman–Crippen MR) is 115 cm³/mol. The maximum absolute atomic E-state index is 10.7. The van der Waals surface area contributed by atoms with Crippen LogP contribution in [-0.4, -0.2) is 47.7 Å². The first-order valence-electron chi connectivity index (χ1n) is 11.7. The lowest BCUT2D eigenvalue weighted by Gasteiger charge is -2.30. The minimum absolute atomic E-state index is 0.0930. The zero-order chi connectivity index (χ0) is 21.3. The van der Waals surface area contributed by atoms with Gasteiger partial charge in [-0.05, 0) is 49.9 Å². The Hall–Kier alpha value is -0.910. The lowest BCUT2D eigenvalue weighted by molar-refractivity contribution is -0.137. The van der Waals surface area contributed by atoms with E-state index >= 15 is 0 Å². The van der Waals surface area contributed by atoms with Gasteiger partial charge in [-0.25, -0.2) is 0 Å². The summed E-state index contributed by atoms with van der Waals surface area (Å²) in [5.74, 6) is 0.132. The monoisotopic (exact) mass is 410 g/mol. The van der Waals surface area contributed by atoms with E-state index in [0.717, 1.165) is 64.4 Å². The van der Waals surface area contributed by atoms with Crippen LogP contribution in [0.1, 0.15) is 85.0 Å². The zero-order valence-electron chi connectivity index (χ0n) is 18.6. The molecule has 2 bridgehead atoms. The number of rotatable bonds is 15. The first-order valence-corrected chi connectivity index (χ1v) is 11.7. The standard InChI is InChI=1S/C24H42O5/c1-4-5-15-24(2,3)22(25)13-10-18-19(21-12-11-20(18)29-21)14-17-28-16-8-6-7-9-23(26)27/h10,13,18-22,25H,4-9,11-12,14-17H2,1-3H3,(H,26,27)/b13-10+/t18-,19+,20-,21+,22?/m0/s1. The highest BCUT2D eigenvalue weighted by molar-refractivity contribution is 5.66. The number of aliphatic hydroxyl groups excluding tert-OH is 1. The molecule has 0 aliphatic carbocycles. The van der Waals surface area contributed by atoms with Gasteiger partial charge in [0.05, 0.1) is 18.3 Å². The maximum Gasteiger partial charge on any atom is 0.303 e. The Morgan fingerprint density at radius 2 is 1.93 bits per heavy atom. The summed E-state index contributed by atoms with van der Waals surface area (Å²) in [5, 5.41) is 19.3. The molecule has 2 saturated heterocycles. The summed E-state index contributed by atoms with van der Waals surface area (Å²) in [4.78, 5) is 10.5. The first-order chi connectivity index (χ1) is 13.8. The molecule has 2 heterocycles. The van der Waals surface area contributed by atoms with Crippen molar-refractivity contribution in [3.63, 3.8) is 0 Å². The number of carboxylic acids is 1. The lowest BCUT2D eigenvalue weighted by Crippen LogP contribution is -2.30. The molecular weight excluding hydrogens is 368 g/mol. The van der Waals surface area contributed by atoms with Gasteiger partial charge in [0.15, 0.2) is 0 Å². The summed E-state index contributed by atoms with van der Waals surface area (Å²) in [6.45, 7) is 7.92. The molecule has 5 atom stereocenters. The summed E-state index contributed by atoms with van der Waals surface area (Å²) in [7, 11) is 0. The molecule has 0 aromatic rings. The van der Waals surface area contributed by atoms with E-state index in [1.165, 1.54) is 0 Å². The number of aliphatic hydroxyl groups is 1. The second-order valence-corrected chi connectivity index (χ2v) is 9.56. The molecule has 5 heteroatoms. The van der Waals surface area contributed by atoms with E-state index in [1.807, 2.05) is 6.08 Å². The Bertz CT molecular complexity index is 515. The topological polar surface area (TPSA) is 76.0 Å². The molecule has 0 amide bonds. The molecule has 168 valence electrons. The van der Waals surface area contributed by atoms with E-state index in [9.17, 15) is 9.90 Å². The molecule has 29 heavy (non-hydrogen) atoms. The normalized spacial score (nSPS) is 27.7. The number of ether oxygens (including phenoxy) is 2. The second kappa shape index (κ2) is 12.1. The van der Waals surface area contributed by atoms with Crippen molar-refractivity contribution < 1.29 is 24.5 Å². The third-order valence-corrected chi connectivity index (χ3v) is 6.75. The number of fused-ring (bicyclic) bond motifs is 2. The quantitative estimate of drug-likeness (QED) is 0.295. The van der Waals surface area contributed by atoms with Crippen molar-refractivity contribution in [3.05, 3.63) is 12.2 Å². The van der Waals surface area contributed by atoms with Gasteiger partial charge in [-0.15, -0.1) is 0 Å². The summed E-state index contributed by atoms with van der Waals surface area (Å²) < 4.78 is 12.0. The second-order valence-electron chi connectivity index (χ2n) is 9.56. The predicted octanol–water partition coefficient (Wildman–Crippen LogP) is 4.97. The molecule has 0 saturated carbocycles. The van der Waals surface area contributed by atoms with Gasteiger partial charge >= 0.3 is 5.97 Å². The van der Waals surface area contributed by atoms with E-state index in [-0.39, 0.29) is 11.8 Å². The maximum atomic E-state index is 10.7. The Morgan fingerprint density at radius 3 is 2.66 bits per heavy atom. The van der Waals surface area contributed by atoms with Gasteiger partial charge in [0, 0.05) is 25.6 Å². The first kappa shape index (κ1) is 24.4. The fourth-order valence-electron chi connectivity index (χ4n) is 4.71. The Labute approximate surface area is 176 Å². The third kappa shape index (κ3) is 7.69. The van der Waals surface area contributed by atoms with Gasteiger partial charge in [-0.1, -0.05) is 52.2 Å². The molecule has 2 N–H and O–H groups in total. The summed E-state index contributed by atoms with van der Waals surface area (Å²) >= 11 is 0. The fourth-order valence-corrected chi connectivity index (χ4v) is 4.71. The van der Waals surface area contributed by atoms with E-state index in [2.05, 4.69) is 26.8 Å². The molecule has 0 spiro atoms. The Morgan fingerprint density at radius 1 is 1.17 bits per heavy atom. The minimum atomic E-state index is -0.722. The molecule has 2 aliphatic heterocycles. The van der Waals surface area contributed by atoms with Gasteiger partial charge in [-0.2, -0.15) is 0 Å². The van der Waals surface area contributed by atoms with Crippen molar-refractivity contribution >= 4 is 5.97 Å². The molecule has 2 rings (SSSR count). The number of carbonyl (C=O) groups is 1. The Balaban J connectivity index is 1.74. The van der Waals surface area contributed by atoms with Crippen molar-refractivity contribution in [2.75, 3.05) is 13.2 Å². The largest absolute Gasteiger partial charge is 0.481 e. The van der Waals surface area contributed by atoms with Crippen molar-refractivity contribution in [1.29, 1.82) is 0 Å². The van der Waals surface area contributed by atoms with Crippen LogP contribution < -0.4 is 0 Å². The summed E-state index contributed by atoms with van der Waals surface area (Å²) in [6.07, 6.45) is 13.8. The lowest BCUT2D eigenvalue weighted by atomic mass is 9.76. The van der Waals surface area contributed by atoms with Crippen LogP contribution in [0.2, 0.25) is 0 Å². The van der Waals surface area contributed by atoms with Gasteiger partial charge < -0.3 is 19.7 Å².